The number of carbonyl (C=O) groups is 1. The Bertz CT molecular complexity index is 1180. The van der Waals surface area contributed by atoms with E-state index in [1.807, 2.05) is 38.3 Å². The lowest BCUT2D eigenvalue weighted by atomic mass is 10.1. The van der Waals surface area contributed by atoms with E-state index >= 15 is 0 Å². The lowest BCUT2D eigenvalue weighted by molar-refractivity contribution is -0.114. The number of fused-ring (bicyclic) bond motifs is 1. The Labute approximate surface area is 196 Å². The van der Waals surface area contributed by atoms with Crippen LogP contribution in [0.4, 0.5) is 0 Å². The summed E-state index contributed by atoms with van der Waals surface area (Å²) in [6.07, 6.45) is 1.63. The number of aliphatic imine (C=N–C) groups is 1. The van der Waals surface area contributed by atoms with Crippen molar-refractivity contribution in [2.24, 2.45) is 4.99 Å². The van der Waals surface area contributed by atoms with Gasteiger partial charge < -0.3 is 9.47 Å². The fourth-order valence-electron chi connectivity index (χ4n) is 3.46. The van der Waals surface area contributed by atoms with Gasteiger partial charge in [0.15, 0.2) is 5.17 Å². The van der Waals surface area contributed by atoms with Crippen LogP contribution in [0.15, 0.2) is 58.1 Å². The molecule has 0 bridgehead atoms. The third kappa shape index (κ3) is 4.74. The molecule has 2 heterocycles. The maximum Gasteiger partial charge on any atom is 0.283 e. The second-order valence-electron chi connectivity index (χ2n) is 7.53. The average Bonchev–Trinajstić information content (AvgIpc) is 3.09. The zero-order chi connectivity index (χ0) is 22.8. The minimum Gasteiger partial charge on any atom is -0.490 e. The molecule has 1 amide bonds. The van der Waals surface area contributed by atoms with Crippen molar-refractivity contribution in [1.29, 1.82) is 5.41 Å². The standard InChI is InChI=1S/C24H22ClN3O3S/c1-14-8-15(2)10-18(9-14)30-6-7-31-21-5-4-17(12-20(21)25)11-19-22(26)28-16(3)13-32-24(28)27-23(19)29/h4-5,8-13,26H,6-7H2,1-3H3/b19-11-,26-22?. The minimum absolute atomic E-state index is 0.110. The van der Waals surface area contributed by atoms with Gasteiger partial charge in [0.25, 0.3) is 5.91 Å². The van der Waals surface area contributed by atoms with Gasteiger partial charge in [-0.05, 0) is 73.2 Å². The van der Waals surface area contributed by atoms with Crippen LogP contribution in [-0.4, -0.2) is 35.0 Å². The van der Waals surface area contributed by atoms with Crippen LogP contribution in [0.1, 0.15) is 23.6 Å². The Morgan fingerprint density at radius 1 is 1.09 bits per heavy atom. The summed E-state index contributed by atoms with van der Waals surface area (Å²) >= 11 is 7.73. The molecule has 0 unspecified atom stereocenters. The monoisotopic (exact) mass is 467 g/mol. The molecule has 2 aliphatic rings. The van der Waals surface area contributed by atoms with Crippen LogP contribution in [0.2, 0.25) is 5.02 Å². The summed E-state index contributed by atoms with van der Waals surface area (Å²) in [6, 6.07) is 11.3. The Morgan fingerprint density at radius 2 is 1.81 bits per heavy atom. The van der Waals surface area contributed by atoms with Gasteiger partial charge in [-0.2, -0.15) is 4.99 Å². The maximum atomic E-state index is 12.4. The van der Waals surface area contributed by atoms with Gasteiger partial charge in [0.1, 0.15) is 30.5 Å². The number of allylic oxidation sites excluding steroid dienone is 1. The van der Waals surface area contributed by atoms with Gasteiger partial charge in [0.2, 0.25) is 0 Å². The first kappa shape index (κ1) is 22.2. The molecule has 0 saturated heterocycles. The molecule has 2 aromatic carbocycles. The highest BCUT2D eigenvalue weighted by Gasteiger charge is 2.33. The highest BCUT2D eigenvalue weighted by atomic mass is 35.5. The van der Waals surface area contributed by atoms with Gasteiger partial charge in [0, 0.05) is 5.70 Å². The number of carbonyl (C=O) groups excluding carboxylic acids is 1. The number of amides is 1. The van der Waals surface area contributed by atoms with E-state index in [4.69, 9.17) is 26.5 Å². The second kappa shape index (κ2) is 9.22. The molecule has 1 N–H and O–H groups in total. The molecule has 0 fully saturated rings. The van der Waals surface area contributed by atoms with Crippen molar-refractivity contribution in [3.05, 3.63) is 74.8 Å². The SMILES string of the molecule is CC1=CSC2=NC(=O)/C(=C\c3ccc(OCCOc4cc(C)cc(C)c4)c(Cl)c3)C(=N)N12. The minimum atomic E-state index is -0.433. The van der Waals surface area contributed by atoms with Crippen molar-refractivity contribution >= 4 is 46.3 Å². The normalized spacial score (nSPS) is 16.8. The maximum absolute atomic E-state index is 12.4. The first-order valence-corrected chi connectivity index (χ1v) is 11.3. The zero-order valence-corrected chi connectivity index (χ0v) is 19.5. The van der Waals surface area contributed by atoms with Gasteiger partial charge in [-0.1, -0.05) is 35.5 Å². The number of amidine groups is 2. The molecular weight excluding hydrogens is 446 g/mol. The molecule has 4 rings (SSSR count). The summed E-state index contributed by atoms with van der Waals surface area (Å²) in [5, 5.41) is 11.2. The van der Waals surface area contributed by atoms with E-state index in [0.717, 1.165) is 22.6 Å². The molecule has 2 aromatic rings. The molecule has 0 aliphatic carbocycles. The van der Waals surface area contributed by atoms with Crippen LogP contribution in [-0.2, 0) is 4.79 Å². The van der Waals surface area contributed by atoms with Crippen LogP contribution in [0, 0.1) is 19.3 Å². The molecular formula is C24H22ClN3O3S. The Kier molecular flexibility index (Phi) is 6.39. The molecule has 32 heavy (non-hydrogen) atoms. The summed E-state index contributed by atoms with van der Waals surface area (Å²) in [4.78, 5) is 18.2. The van der Waals surface area contributed by atoms with Crippen molar-refractivity contribution in [3.8, 4) is 11.5 Å². The van der Waals surface area contributed by atoms with Crippen LogP contribution in [0.25, 0.3) is 6.08 Å². The van der Waals surface area contributed by atoms with Gasteiger partial charge in [-0.3, -0.25) is 15.1 Å². The lowest BCUT2D eigenvalue weighted by Crippen LogP contribution is -2.37. The third-order valence-corrected chi connectivity index (χ3v) is 6.10. The highest BCUT2D eigenvalue weighted by Crippen LogP contribution is 2.32. The number of ether oxygens (including phenoxy) is 2. The van der Waals surface area contributed by atoms with Crippen LogP contribution >= 0.6 is 23.4 Å². The summed E-state index contributed by atoms with van der Waals surface area (Å²) in [6.45, 7) is 6.67. The molecule has 0 radical (unpaired) electrons. The Balaban J connectivity index is 1.40. The first-order chi connectivity index (χ1) is 15.3. The lowest BCUT2D eigenvalue weighted by Gasteiger charge is -2.25. The average molecular weight is 468 g/mol. The van der Waals surface area contributed by atoms with Gasteiger partial charge in [-0.25, -0.2) is 0 Å². The topological polar surface area (TPSA) is 75.0 Å². The fourth-order valence-corrected chi connectivity index (χ4v) is 4.56. The van der Waals surface area contributed by atoms with Gasteiger partial charge in [-0.15, -0.1) is 0 Å². The largest absolute Gasteiger partial charge is 0.490 e. The zero-order valence-electron chi connectivity index (χ0n) is 17.9. The van der Waals surface area contributed by atoms with E-state index in [-0.39, 0.29) is 11.4 Å². The van der Waals surface area contributed by atoms with E-state index in [9.17, 15) is 4.79 Å². The quantitative estimate of drug-likeness (QED) is 0.443. The number of benzene rings is 2. The van der Waals surface area contributed by atoms with Crippen LogP contribution in [0.5, 0.6) is 11.5 Å². The first-order valence-electron chi connectivity index (χ1n) is 10.0. The Morgan fingerprint density at radius 3 is 2.53 bits per heavy atom. The van der Waals surface area contributed by atoms with Crippen molar-refractivity contribution < 1.29 is 14.3 Å². The summed E-state index contributed by atoms with van der Waals surface area (Å²) < 4.78 is 11.5. The molecule has 0 spiro atoms. The number of nitrogens with one attached hydrogen (secondary N) is 1. The molecule has 164 valence electrons. The van der Waals surface area contributed by atoms with Crippen LogP contribution in [0.3, 0.4) is 0 Å². The summed E-state index contributed by atoms with van der Waals surface area (Å²) in [7, 11) is 0. The predicted octanol–water partition coefficient (Wildman–Crippen LogP) is 5.58. The van der Waals surface area contributed by atoms with E-state index < -0.39 is 5.91 Å². The van der Waals surface area contributed by atoms with Gasteiger partial charge in [0.05, 0.1) is 10.6 Å². The number of rotatable bonds is 6. The molecule has 8 heteroatoms. The van der Waals surface area contributed by atoms with E-state index in [2.05, 4.69) is 11.1 Å². The number of hydrogen-bond acceptors (Lipinski definition) is 5. The van der Waals surface area contributed by atoms with Crippen molar-refractivity contribution in [3.63, 3.8) is 0 Å². The van der Waals surface area contributed by atoms with Gasteiger partial charge >= 0.3 is 0 Å². The van der Waals surface area contributed by atoms with Crippen molar-refractivity contribution in [1.82, 2.24) is 4.90 Å². The number of aryl methyl sites for hydroxylation is 2. The van der Waals surface area contributed by atoms with Crippen LogP contribution < -0.4 is 9.47 Å². The Hall–Kier alpha value is -3.03. The fraction of sp³-hybridized carbons (Fsp3) is 0.208. The number of hydrogen-bond donors (Lipinski definition) is 1. The molecule has 0 atom stereocenters. The second-order valence-corrected chi connectivity index (χ2v) is 8.77. The van der Waals surface area contributed by atoms with E-state index in [1.165, 1.54) is 11.8 Å². The number of nitrogens with zero attached hydrogens (tertiary/aromatic N) is 2. The van der Waals surface area contributed by atoms with Crippen molar-refractivity contribution in [2.45, 2.75) is 20.8 Å². The summed E-state index contributed by atoms with van der Waals surface area (Å²) in [5.41, 5.74) is 4.07. The predicted molar refractivity (Wildman–Crippen MR) is 130 cm³/mol. The van der Waals surface area contributed by atoms with Crippen molar-refractivity contribution in [2.75, 3.05) is 13.2 Å². The summed E-state index contributed by atoms with van der Waals surface area (Å²) in [5.74, 6) is 1.01. The molecule has 0 aromatic heterocycles. The molecule has 0 saturated carbocycles. The highest BCUT2D eigenvalue weighted by molar-refractivity contribution is 8.16. The number of halogens is 1. The molecule has 6 nitrogen and oxygen atoms in total. The van der Waals surface area contributed by atoms with E-state index in [1.54, 1.807) is 29.2 Å². The van der Waals surface area contributed by atoms with E-state index in [0.29, 0.717) is 34.7 Å². The third-order valence-electron chi connectivity index (χ3n) is 4.86. The smallest absolute Gasteiger partial charge is 0.283 e. The molecule has 2 aliphatic heterocycles. The number of thioether (sulfide) groups is 1.